The average Bonchev–Trinajstić information content (AvgIpc) is 3.70. The van der Waals surface area contributed by atoms with Crippen molar-refractivity contribution < 1.29 is 28.7 Å². The zero-order valence-corrected chi connectivity index (χ0v) is 26.4. The molecule has 15 heteroatoms. The number of rotatable bonds is 8. The Labute approximate surface area is 264 Å². The van der Waals surface area contributed by atoms with Gasteiger partial charge >= 0.3 is 11.9 Å². The second-order valence-electron chi connectivity index (χ2n) is 9.02. The minimum Gasteiger partial charge on any atom is -0.462 e. The summed E-state index contributed by atoms with van der Waals surface area (Å²) in [5.74, 6) is -1.66. The number of imidazole rings is 1. The zero-order chi connectivity index (χ0) is 32.0. The number of nitrogens with zero attached hydrogens (tertiary/aromatic N) is 6. The van der Waals surface area contributed by atoms with E-state index >= 15 is 0 Å². The Morgan fingerprint density at radius 1 is 0.886 bits per heavy atom. The van der Waals surface area contributed by atoms with Crippen molar-refractivity contribution in [3.8, 4) is 11.3 Å². The molecule has 0 unspecified atom stereocenters. The van der Waals surface area contributed by atoms with Crippen LogP contribution in [0.5, 0.6) is 0 Å². The van der Waals surface area contributed by atoms with Gasteiger partial charge in [0.15, 0.2) is 0 Å². The van der Waals surface area contributed by atoms with Crippen molar-refractivity contribution in [1.82, 2.24) is 28.9 Å². The highest BCUT2D eigenvalue weighted by Crippen LogP contribution is 2.27. The third kappa shape index (κ3) is 7.03. The molecule has 0 aliphatic heterocycles. The van der Waals surface area contributed by atoms with Gasteiger partial charge in [-0.05, 0) is 41.4 Å². The van der Waals surface area contributed by atoms with E-state index in [1.165, 1.54) is 28.8 Å². The molecule has 0 atom stereocenters. The number of nitrogens with one attached hydrogen (secondary N) is 1. The normalized spacial score (nSPS) is 10.6. The van der Waals surface area contributed by atoms with Crippen molar-refractivity contribution in [2.75, 3.05) is 18.5 Å². The number of aryl methyl sites for hydroxylation is 2. The second-order valence-corrected chi connectivity index (χ2v) is 10.2. The first kappa shape index (κ1) is 32.1. The average molecular weight is 685 g/mol. The molecule has 0 radical (unpaired) electrons. The van der Waals surface area contributed by atoms with Crippen LogP contribution in [0.3, 0.4) is 0 Å². The predicted octanol–water partition coefficient (Wildman–Crippen LogP) is 4.90. The summed E-state index contributed by atoms with van der Waals surface area (Å²) >= 11 is 8.78. The van der Waals surface area contributed by atoms with Gasteiger partial charge in [0.1, 0.15) is 28.2 Å². The SMILES string of the molecule is CCOC(=O)c1cnn(C)c1C(=O)Cl.CCOC(=O)c1cnn(C)c1C(=O)Nc1cc2nc(-c3ccccc3)cn2cc1Br. The van der Waals surface area contributed by atoms with Crippen molar-refractivity contribution in [3.63, 3.8) is 0 Å². The molecule has 1 aromatic carbocycles. The summed E-state index contributed by atoms with van der Waals surface area (Å²) < 4.78 is 14.9. The summed E-state index contributed by atoms with van der Waals surface area (Å²) in [6.07, 6.45) is 6.32. The van der Waals surface area contributed by atoms with Gasteiger partial charge in [-0.2, -0.15) is 10.2 Å². The van der Waals surface area contributed by atoms with Crippen LogP contribution >= 0.6 is 27.5 Å². The van der Waals surface area contributed by atoms with Crippen LogP contribution in [0.15, 0.2) is 65.7 Å². The highest BCUT2D eigenvalue weighted by Gasteiger charge is 2.24. The van der Waals surface area contributed by atoms with Crippen LogP contribution in [-0.2, 0) is 23.6 Å². The lowest BCUT2D eigenvalue weighted by atomic mass is 10.2. The summed E-state index contributed by atoms with van der Waals surface area (Å²) in [5.41, 5.74) is 3.38. The molecule has 1 N–H and O–H groups in total. The van der Waals surface area contributed by atoms with Gasteiger partial charge in [0.25, 0.3) is 11.1 Å². The Kier molecular flexibility index (Phi) is 10.3. The van der Waals surface area contributed by atoms with Crippen molar-refractivity contribution in [3.05, 3.63) is 88.2 Å². The van der Waals surface area contributed by atoms with Gasteiger partial charge in [0.05, 0.1) is 41.5 Å². The number of fused-ring (bicyclic) bond motifs is 1. The fourth-order valence-electron chi connectivity index (χ4n) is 4.13. The third-order valence-electron chi connectivity index (χ3n) is 6.13. The lowest BCUT2D eigenvalue weighted by Crippen LogP contribution is -2.20. The molecule has 4 aromatic heterocycles. The summed E-state index contributed by atoms with van der Waals surface area (Å²) in [6.45, 7) is 3.83. The third-order valence-corrected chi connectivity index (χ3v) is 6.94. The molecule has 13 nitrogen and oxygen atoms in total. The molecule has 228 valence electrons. The van der Waals surface area contributed by atoms with Gasteiger partial charge in [0, 0.05) is 38.1 Å². The highest BCUT2D eigenvalue weighted by atomic mass is 79.9. The number of aromatic nitrogens is 6. The van der Waals surface area contributed by atoms with Gasteiger partial charge < -0.3 is 19.2 Å². The zero-order valence-electron chi connectivity index (χ0n) is 24.1. The van der Waals surface area contributed by atoms with Crippen molar-refractivity contribution in [2.24, 2.45) is 14.1 Å². The van der Waals surface area contributed by atoms with Crippen LogP contribution < -0.4 is 5.32 Å². The fourth-order valence-corrected chi connectivity index (χ4v) is 4.79. The van der Waals surface area contributed by atoms with Crippen LogP contribution in [0.4, 0.5) is 5.69 Å². The Bertz CT molecular complexity index is 1850. The van der Waals surface area contributed by atoms with E-state index in [1.807, 2.05) is 47.1 Å². The van der Waals surface area contributed by atoms with Crippen LogP contribution in [0.1, 0.15) is 55.5 Å². The molecule has 0 saturated carbocycles. The van der Waals surface area contributed by atoms with Crippen molar-refractivity contribution >= 4 is 62.0 Å². The molecule has 5 aromatic rings. The second kappa shape index (κ2) is 14.1. The number of pyridine rings is 1. The van der Waals surface area contributed by atoms with Gasteiger partial charge in [-0.3, -0.25) is 19.0 Å². The number of amides is 1. The first-order chi connectivity index (χ1) is 21.0. The van der Waals surface area contributed by atoms with E-state index in [0.29, 0.717) is 15.8 Å². The molecule has 0 saturated heterocycles. The number of carbonyl (C=O) groups is 4. The van der Waals surface area contributed by atoms with Gasteiger partial charge in [0.2, 0.25) is 0 Å². The summed E-state index contributed by atoms with van der Waals surface area (Å²) in [7, 11) is 3.12. The van der Waals surface area contributed by atoms with E-state index in [-0.39, 0.29) is 35.7 Å². The minimum atomic E-state index is -0.729. The Morgan fingerprint density at radius 2 is 1.45 bits per heavy atom. The number of hydrogen-bond acceptors (Lipinski definition) is 9. The highest BCUT2D eigenvalue weighted by molar-refractivity contribution is 9.10. The largest absolute Gasteiger partial charge is 0.462 e. The number of ether oxygens (including phenoxy) is 2. The van der Waals surface area contributed by atoms with E-state index in [9.17, 15) is 19.2 Å². The fraction of sp³-hybridized carbons (Fsp3) is 0.207. The maximum absolute atomic E-state index is 12.9. The van der Waals surface area contributed by atoms with Gasteiger partial charge in [-0.15, -0.1) is 0 Å². The van der Waals surface area contributed by atoms with Crippen LogP contribution in [-0.4, -0.2) is 65.2 Å². The van der Waals surface area contributed by atoms with Crippen molar-refractivity contribution in [1.29, 1.82) is 0 Å². The maximum atomic E-state index is 12.9. The molecule has 0 aliphatic rings. The summed E-state index contributed by atoms with van der Waals surface area (Å²) in [6, 6.07) is 11.6. The van der Waals surface area contributed by atoms with E-state index in [4.69, 9.17) is 21.1 Å². The molecule has 0 aliphatic carbocycles. The van der Waals surface area contributed by atoms with Gasteiger partial charge in [-0.25, -0.2) is 14.6 Å². The van der Waals surface area contributed by atoms with Crippen molar-refractivity contribution in [2.45, 2.75) is 13.8 Å². The monoisotopic (exact) mass is 683 g/mol. The molecule has 0 bridgehead atoms. The molecule has 0 fully saturated rings. The predicted molar refractivity (Wildman–Crippen MR) is 165 cm³/mol. The van der Waals surface area contributed by atoms with E-state index in [2.05, 4.69) is 36.4 Å². The molecule has 4 heterocycles. The number of benzene rings is 1. The smallest absolute Gasteiger partial charge is 0.342 e. The maximum Gasteiger partial charge on any atom is 0.342 e. The van der Waals surface area contributed by atoms with E-state index in [1.54, 1.807) is 27.0 Å². The first-order valence-corrected chi connectivity index (χ1v) is 14.4. The summed E-state index contributed by atoms with van der Waals surface area (Å²) in [5, 5.41) is 9.87. The molecule has 1 amide bonds. The van der Waals surface area contributed by atoms with Gasteiger partial charge in [-0.1, -0.05) is 30.3 Å². The molecular formula is C29H27BrClN7O6. The lowest BCUT2D eigenvalue weighted by molar-refractivity contribution is 0.0515. The van der Waals surface area contributed by atoms with E-state index in [0.717, 1.165) is 11.3 Å². The summed E-state index contributed by atoms with van der Waals surface area (Å²) in [4.78, 5) is 51.9. The lowest BCUT2D eigenvalue weighted by Gasteiger charge is -2.10. The number of hydrogen-bond donors (Lipinski definition) is 1. The quantitative estimate of drug-likeness (QED) is 0.178. The number of anilines is 1. The van der Waals surface area contributed by atoms with Crippen LogP contribution in [0.2, 0.25) is 0 Å². The number of halogens is 2. The molecule has 44 heavy (non-hydrogen) atoms. The molecular weight excluding hydrogens is 658 g/mol. The minimum absolute atomic E-state index is 0.0464. The number of carbonyl (C=O) groups excluding carboxylic acids is 4. The Hall–Kier alpha value is -4.82. The standard InChI is InChI=1S/C21H18BrN5O3.C8H9ClN2O3/c1-3-30-21(29)14-10-23-26(2)19(14)20(28)25-16-9-18-24-17(12-27(18)11-15(16)22)13-7-5-4-6-8-13;1-3-14-8(13)5-4-10-11(2)6(5)7(9)12/h4-12H,3H2,1-2H3,(H,25,28);4H,3H2,1-2H3. The van der Waals surface area contributed by atoms with Crippen LogP contribution in [0, 0.1) is 0 Å². The first-order valence-electron chi connectivity index (χ1n) is 13.2. The Morgan fingerprint density at radius 3 is 2.02 bits per heavy atom. The Balaban J connectivity index is 0.000000265. The molecule has 0 spiro atoms. The number of esters is 2. The topological polar surface area (TPSA) is 152 Å². The molecule has 5 rings (SSSR count). The van der Waals surface area contributed by atoms with E-state index < -0.39 is 23.1 Å². The van der Waals surface area contributed by atoms with Crippen LogP contribution in [0.25, 0.3) is 16.9 Å².